The number of ether oxygens (including phenoxy) is 1. The minimum atomic E-state index is -3.17. The molecule has 98 valence electrons. The monoisotopic (exact) mass is 252 g/mol. The number of nitrogens with one attached hydrogen (secondary N) is 1. The largest absolute Gasteiger partial charge is 0.383 e. The maximum absolute atomic E-state index is 11.8. The highest BCUT2D eigenvalue weighted by Gasteiger charge is 2.22. The van der Waals surface area contributed by atoms with Gasteiger partial charge in [-0.15, -0.1) is 0 Å². The van der Waals surface area contributed by atoms with E-state index in [1.807, 2.05) is 13.8 Å². The highest BCUT2D eigenvalue weighted by atomic mass is 32.2. The molecule has 0 amide bonds. The molecule has 0 spiro atoms. The normalized spacial score (nSPS) is 14.3. The average Bonchev–Trinajstić information content (AvgIpc) is 2.23. The molecule has 0 aromatic carbocycles. The summed E-state index contributed by atoms with van der Waals surface area (Å²) in [6.45, 7) is 5.65. The maximum atomic E-state index is 11.8. The van der Waals surface area contributed by atoms with Crippen molar-refractivity contribution in [3.63, 3.8) is 0 Å². The summed E-state index contributed by atoms with van der Waals surface area (Å²) < 4.78 is 30.0. The standard InChI is InChI=1S/C10H24N2O3S/c1-5-6-11-7-8-16(13,14)12(3)10(2)9-15-4/h10-11H,5-9H2,1-4H3. The number of hydrogen-bond acceptors (Lipinski definition) is 4. The van der Waals surface area contributed by atoms with Crippen LogP contribution in [0.5, 0.6) is 0 Å². The van der Waals surface area contributed by atoms with Gasteiger partial charge in [0.1, 0.15) is 0 Å². The molecular formula is C10H24N2O3S. The molecule has 6 heteroatoms. The molecular weight excluding hydrogens is 228 g/mol. The first-order valence-corrected chi connectivity index (χ1v) is 7.22. The fourth-order valence-electron chi connectivity index (χ4n) is 1.27. The lowest BCUT2D eigenvalue weighted by atomic mass is 10.4. The van der Waals surface area contributed by atoms with Gasteiger partial charge in [0.05, 0.1) is 12.4 Å². The summed E-state index contributed by atoms with van der Waals surface area (Å²) in [5.74, 6) is 0.136. The fraction of sp³-hybridized carbons (Fsp3) is 1.00. The summed E-state index contributed by atoms with van der Waals surface area (Å²) in [6, 6.07) is -0.124. The second kappa shape index (κ2) is 8.00. The highest BCUT2D eigenvalue weighted by molar-refractivity contribution is 7.89. The van der Waals surface area contributed by atoms with Crippen LogP contribution in [0.15, 0.2) is 0 Å². The van der Waals surface area contributed by atoms with Crippen molar-refractivity contribution in [2.24, 2.45) is 0 Å². The number of likely N-dealkylation sites (N-methyl/N-ethyl adjacent to an activating group) is 1. The van der Waals surface area contributed by atoms with E-state index in [1.165, 1.54) is 4.31 Å². The molecule has 5 nitrogen and oxygen atoms in total. The first-order chi connectivity index (χ1) is 7.45. The Morgan fingerprint density at radius 3 is 2.50 bits per heavy atom. The SMILES string of the molecule is CCCNCCS(=O)(=O)N(C)C(C)COC. The predicted molar refractivity (Wildman–Crippen MR) is 66.0 cm³/mol. The van der Waals surface area contributed by atoms with Gasteiger partial charge in [-0.2, -0.15) is 4.31 Å². The van der Waals surface area contributed by atoms with Gasteiger partial charge in [-0.25, -0.2) is 8.42 Å². The Kier molecular flexibility index (Phi) is 7.91. The molecule has 0 saturated heterocycles. The van der Waals surface area contributed by atoms with Gasteiger partial charge in [-0.3, -0.25) is 0 Å². The van der Waals surface area contributed by atoms with Crippen molar-refractivity contribution in [2.45, 2.75) is 26.3 Å². The van der Waals surface area contributed by atoms with Crippen LogP contribution in [0.4, 0.5) is 0 Å². The fourth-order valence-corrected chi connectivity index (χ4v) is 2.57. The van der Waals surface area contributed by atoms with Gasteiger partial charge in [0, 0.05) is 26.7 Å². The first kappa shape index (κ1) is 15.8. The van der Waals surface area contributed by atoms with E-state index in [0.717, 1.165) is 13.0 Å². The van der Waals surface area contributed by atoms with Crippen LogP contribution in [0.3, 0.4) is 0 Å². The molecule has 0 fully saturated rings. The Morgan fingerprint density at radius 2 is 2.00 bits per heavy atom. The van der Waals surface area contributed by atoms with Crippen molar-refractivity contribution in [1.29, 1.82) is 0 Å². The van der Waals surface area contributed by atoms with E-state index in [9.17, 15) is 8.42 Å². The quantitative estimate of drug-likeness (QED) is 0.599. The molecule has 0 aliphatic heterocycles. The summed E-state index contributed by atoms with van der Waals surface area (Å²) >= 11 is 0. The minimum absolute atomic E-state index is 0.124. The van der Waals surface area contributed by atoms with Crippen LogP contribution in [0.2, 0.25) is 0 Å². The lowest BCUT2D eigenvalue weighted by molar-refractivity contribution is 0.149. The molecule has 0 aliphatic rings. The zero-order valence-corrected chi connectivity index (χ0v) is 11.5. The molecule has 16 heavy (non-hydrogen) atoms. The van der Waals surface area contributed by atoms with Gasteiger partial charge < -0.3 is 10.1 Å². The number of nitrogens with zero attached hydrogens (tertiary/aromatic N) is 1. The Morgan fingerprint density at radius 1 is 1.38 bits per heavy atom. The molecule has 0 aromatic heterocycles. The first-order valence-electron chi connectivity index (χ1n) is 5.61. The lowest BCUT2D eigenvalue weighted by Crippen LogP contribution is -2.41. The summed E-state index contributed by atoms with van der Waals surface area (Å²) in [5, 5.41) is 3.08. The second-order valence-corrected chi connectivity index (χ2v) is 6.03. The zero-order chi connectivity index (χ0) is 12.6. The minimum Gasteiger partial charge on any atom is -0.383 e. The summed E-state index contributed by atoms with van der Waals surface area (Å²) in [4.78, 5) is 0. The Bertz CT molecular complexity index is 267. The number of hydrogen-bond donors (Lipinski definition) is 1. The summed E-state index contributed by atoms with van der Waals surface area (Å²) in [5.41, 5.74) is 0. The Labute approximate surface area is 99.2 Å². The smallest absolute Gasteiger partial charge is 0.215 e. The average molecular weight is 252 g/mol. The van der Waals surface area contributed by atoms with E-state index >= 15 is 0 Å². The maximum Gasteiger partial charge on any atom is 0.215 e. The van der Waals surface area contributed by atoms with Gasteiger partial charge in [-0.1, -0.05) is 6.92 Å². The topological polar surface area (TPSA) is 58.6 Å². The molecule has 1 atom stereocenters. The van der Waals surface area contributed by atoms with E-state index in [0.29, 0.717) is 13.2 Å². The summed E-state index contributed by atoms with van der Waals surface area (Å²) in [7, 11) is -0.00606. The highest BCUT2D eigenvalue weighted by Crippen LogP contribution is 2.04. The van der Waals surface area contributed by atoms with Gasteiger partial charge in [0.2, 0.25) is 10.0 Å². The van der Waals surface area contributed by atoms with E-state index in [-0.39, 0.29) is 11.8 Å². The van der Waals surface area contributed by atoms with Crippen molar-refractivity contribution < 1.29 is 13.2 Å². The van der Waals surface area contributed by atoms with Crippen molar-refractivity contribution in [3.8, 4) is 0 Å². The van der Waals surface area contributed by atoms with Crippen molar-refractivity contribution in [3.05, 3.63) is 0 Å². The molecule has 1 unspecified atom stereocenters. The lowest BCUT2D eigenvalue weighted by Gasteiger charge is -2.23. The number of methoxy groups -OCH3 is 1. The van der Waals surface area contributed by atoms with Gasteiger partial charge >= 0.3 is 0 Å². The van der Waals surface area contributed by atoms with Crippen molar-refractivity contribution in [2.75, 3.05) is 39.6 Å². The molecule has 0 saturated carbocycles. The van der Waals surface area contributed by atoms with E-state index in [4.69, 9.17) is 4.74 Å². The number of sulfonamides is 1. The van der Waals surface area contributed by atoms with Gasteiger partial charge in [-0.05, 0) is 19.9 Å². The Hall–Kier alpha value is -0.170. The van der Waals surface area contributed by atoms with Gasteiger partial charge in [0.25, 0.3) is 0 Å². The van der Waals surface area contributed by atoms with Crippen LogP contribution in [0.25, 0.3) is 0 Å². The molecule has 1 N–H and O–H groups in total. The number of rotatable bonds is 9. The third kappa shape index (κ3) is 5.79. The molecule has 0 rings (SSSR count). The molecule has 0 bridgehead atoms. The Balaban J connectivity index is 4.10. The van der Waals surface area contributed by atoms with Gasteiger partial charge in [0.15, 0.2) is 0 Å². The molecule has 0 aliphatic carbocycles. The molecule has 0 aromatic rings. The van der Waals surface area contributed by atoms with Crippen LogP contribution in [0, 0.1) is 0 Å². The van der Waals surface area contributed by atoms with E-state index in [1.54, 1.807) is 14.2 Å². The van der Waals surface area contributed by atoms with Crippen LogP contribution in [0.1, 0.15) is 20.3 Å². The van der Waals surface area contributed by atoms with Crippen LogP contribution >= 0.6 is 0 Å². The molecule has 0 heterocycles. The van der Waals surface area contributed by atoms with Crippen LogP contribution in [-0.2, 0) is 14.8 Å². The third-order valence-electron chi connectivity index (χ3n) is 2.43. The van der Waals surface area contributed by atoms with Crippen molar-refractivity contribution in [1.82, 2.24) is 9.62 Å². The third-order valence-corrected chi connectivity index (χ3v) is 4.39. The van der Waals surface area contributed by atoms with Crippen LogP contribution < -0.4 is 5.32 Å². The zero-order valence-electron chi connectivity index (χ0n) is 10.7. The summed E-state index contributed by atoms with van der Waals surface area (Å²) in [6.07, 6.45) is 1.01. The van der Waals surface area contributed by atoms with Crippen LogP contribution in [-0.4, -0.2) is 58.4 Å². The van der Waals surface area contributed by atoms with E-state index < -0.39 is 10.0 Å². The van der Waals surface area contributed by atoms with Crippen molar-refractivity contribution >= 4 is 10.0 Å². The second-order valence-electron chi connectivity index (χ2n) is 3.89. The van der Waals surface area contributed by atoms with E-state index in [2.05, 4.69) is 5.32 Å². The predicted octanol–water partition coefficient (Wildman–Crippen LogP) is 0.283. The molecule has 0 radical (unpaired) electrons.